The number of carbonyl (C=O) groups is 1. The number of para-hydroxylation sites is 1. The van der Waals surface area contributed by atoms with Gasteiger partial charge in [0, 0.05) is 24.3 Å². The number of nitrogens with one attached hydrogen (secondary N) is 1. The first-order chi connectivity index (χ1) is 9.65. The van der Waals surface area contributed by atoms with E-state index in [1.54, 1.807) is 0 Å². The molecule has 0 radical (unpaired) electrons. The van der Waals surface area contributed by atoms with E-state index in [1.807, 2.05) is 12.1 Å². The zero-order valence-electron chi connectivity index (χ0n) is 12.4. The molecule has 4 heteroatoms. The van der Waals surface area contributed by atoms with Crippen molar-refractivity contribution >= 4 is 11.6 Å². The van der Waals surface area contributed by atoms with E-state index in [9.17, 15) is 4.79 Å². The molecule has 1 atom stereocenters. The number of nitrogens with zero attached hydrogens (tertiary/aromatic N) is 1. The van der Waals surface area contributed by atoms with E-state index >= 15 is 0 Å². The maximum atomic E-state index is 12.1. The summed E-state index contributed by atoms with van der Waals surface area (Å²) < 4.78 is 0. The smallest absolute Gasteiger partial charge is 0.239 e. The molecule has 20 heavy (non-hydrogen) atoms. The van der Waals surface area contributed by atoms with Gasteiger partial charge in [0.15, 0.2) is 0 Å². The SMILES string of the molecule is CCC(CC)NC(=O)CN1CCC(N)c2ccccc21. The summed E-state index contributed by atoms with van der Waals surface area (Å²) in [6, 6.07) is 8.49. The predicted octanol–water partition coefficient (Wildman–Crippen LogP) is 2.20. The molecule has 1 aromatic carbocycles. The van der Waals surface area contributed by atoms with Crippen molar-refractivity contribution in [3.63, 3.8) is 0 Å². The summed E-state index contributed by atoms with van der Waals surface area (Å²) in [7, 11) is 0. The zero-order chi connectivity index (χ0) is 14.5. The third-order valence-corrected chi connectivity index (χ3v) is 4.07. The van der Waals surface area contributed by atoms with Crippen LogP contribution in [-0.2, 0) is 4.79 Å². The van der Waals surface area contributed by atoms with Gasteiger partial charge in [-0.25, -0.2) is 0 Å². The molecule has 3 N–H and O–H groups in total. The van der Waals surface area contributed by atoms with Crippen LogP contribution in [-0.4, -0.2) is 25.0 Å². The first kappa shape index (κ1) is 14.9. The highest BCUT2D eigenvalue weighted by molar-refractivity contribution is 5.82. The Morgan fingerprint density at radius 2 is 2.10 bits per heavy atom. The number of anilines is 1. The van der Waals surface area contributed by atoms with Crippen molar-refractivity contribution in [1.29, 1.82) is 0 Å². The average molecular weight is 275 g/mol. The van der Waals surface area contributed by atoms with Gasteiger partial charge in [0.05, 0.1) is 6.54 Å². The molecule has 1 heterocycles. The third-order valence-electron chi connectivity index (χ3n) is 4.07. The Morgan fingerprint density at radius 3 is 2.80 bits per heavy atom. The van der Waals surface area contributed by atoms with Gasteiger partial charge in [-0.05, 0) is 30.9 Å². The Kier molecular flexibility index (Phi) is 5.01. The standard InChI is InChI=1S/C16H25N3O/c1-3-12(4-2)18-16(20)11-19-10-9-14(17)13-7-5-6-8-15(13)19/h5-8,12,14H,3-4,9-11,17H2,1-2H3,(H,18,20). The zero-order valence-corrected chi connectivity index (χ0v) is 12.4. The largest absolute Gasteiger partial charge is 0.362 e. The second-order valence-electron chi connectivity index (χ2n) is 5.46. The van der Waals surface area contributed by atoms with E-state index in [-0.39, 0.29) is 18.0 Å². The van der Waals surface area contributed by atoms with Crippen LogP contribution in [0.3, 0.4) is 0 Å². The molecule has 110 valence electrons. The van der Waals surface area contributed by atoms with Gasteiger partial charge in [0.25, 0.3) is 0 Å². The number of hydrogen-bond donors (Lipinski definition) is 2. The van der Waals surface area contributed by atoms with Crippen molar-refractivity contribution in [1.82, 2.24) is 5.32 Å². The van der Waals surface area contributed by atoms with Crippen molar-refractivity contribution in [2.75, 3.05) is 18.0 Å². The third kappa shape index (κ3) is 3.31. The summed E-state index contributed by atoms with van der Waals surface area (Å²) in [5, 5.41) is 3.09. The number of carbonyl (C=O) groups excluding carboxylic acids is 1. The average Bonchev–Trinajstić information content (AvgIpc) is 2.48. The fourth-order valence-corrected chi connectivity index (χ4v) is 2.76. The van der Waals surface area contributed by atoms with Crippen molar-refractivity contribution < 1.29 is 4.79 Å². The van der Waals surface area contributed by atoms with E-state index in [0.29, 0.717) is 6.54 Å². The maximum absolute atomic E-state index is 12.1. The lowest BCUT2D eigenvalue weighted by atomic mass is 9.97. The van der Waals surface area contributed by atoms with Gasteiger partial charge in [-0.2, -0.15) is 0 Å². The first-order valence-corrected chi connectivity index (χ1v) is 7.54. The van der Waals surface area contributed by atoms with E-state index in [4.69, 9.17) is 5.73 Å². The molecule has 1 aliphatic heterocycles. The molecular weight excluding hydrogens is 250 g/mol. The van der Waals surface area contributed by atoms with Crippen molar-refractivity contribution in [3.05, 3.63) is 29.8 Å². The van der Waals surface area contributed by atoms with E-state index < -0.39 is 0 Å². The number of rotatable bonds is 5. The molecule has 0 aromatic heterocycles. The van der Waals surface area contributed by atoms with Crippen LogP contribution in [0.4, 0.5) is 5.69 Å². The lowest BCUT2D eigenvalue weighted by molar-refractivity contribution is -0.120. The number of nitrogens with two attached hydrogens (primary N) is 1. The maximum Gasteiger partial charge on any atom is 0.239 e. The molecule has 2 rings (SSSR count). The summed E-state index contributed by atoms with van der Waals surface area (Å²) in [6.45, 7) is 5.46. The molecule has 0 aliphatic carbocycles. The molecule has 1 unspecified atom stereocenters. The molecule has 0 spiro atoms. The van der Waals surface area contributed by atoms with Crippen molar-refractivity contribution in [2.24, 2.45) is 5.73 Å². The molecule has 4 nitrogen and oxygen atoms in total. The quantitative estimate of drug-likeness (QED) is 0.866. The highest BCUT2D eigenvalue weighted by Gasteiger charge is 2.23. The monoisotopic (exact) mass is 275 g/mol. The molecule has 1 aliphatic rings. The van der Waals surface area contributed by atoms with Crippen molar-refractivity contribution in [2.45, 2.75) is 45.2 Å². The van der Waals surface area contributed by atoms with Gasteiger partial charge in [0.2, 0.25) is 5.91 Å². The van der Waals surface area contributed by atoms with Crippen molar-refractivity contribution in [3.8, 4) is 0 Å². The second-order valence-corrected chi connectivity index (χ2v) is 5.46. The summed E-state index contributed by atoms with van der Waals surface area (Å²) in [6.07, 6.45) is 2.85. The van der Waals surface area contributed by atoms with Crippen LogP contribution < -0.4 is 16.0 Å². The molecule has 1 aromatic rings. The minimum Gasteiger partial charge on any atom is -0.362 e. The van der Waals surface area contributed by atoms with Crippen LogP contribution in [0.5, 0.6) is 0 Å². The number of amides is 1. The predicted molar refractivity (Wildman–Crippen MR) is 82.7 cm³/mol. The topological polar surface area (TPSA) is 58.4 Å². The normalized spacial score (nSPS) is 18.0. The molecule has 0 fully saturated rings. The lowest BCUT2D eigenvalue weighted by Crippen LogP contribution is -2.44. The molecule has 0 bridgehead atoms. The minimum absolute atomic E-state index is 0.0875. The minimum atomic E-state index is 0.0875. The van der Waals surface area contributed by atoms with Crippen LogP contribution >= 0.6 is 0 Å². The van der Waals surface area contributed by atoms with Gasteiger partial charge >= 0.3 is 0 Å². The van der Waals surface area contributed by atoms with Crippen LogP contribution in [0.25, 0.3) is 0 Å². The number of fused-ring (bicyclic) bond motifs is 1. The fourth-order valence-electron chi connectivity index (χ4n) is 2.76. The molecule has 0 saturated carbocycles. The number of benzene rings is 1. The van der Waals surface area contributed by atoms with Gasteiger partial charge in [0.1, 0.15) is 0 Å². The first-order valence-electron chi connectivity index (χ1n) is 7.54. The van der Waals surface area contributed by atoms with Crippen LogP contribution in [0.15, 0.2) is 24.3 Å². The summed E-state index contributed by atoms with van der Waals surface area (Å²) in [5.41, 5.74) is 8.39. The Labute approximate surface area is 121 Å². The lowest BCUT2D eigenvalue weighted by Gasteiger charge is -2.34. The number of hydrogen-bond acceptors (Lipinski definition) is 3. The van der Waals surface area contributed by atoms with Gasteiger partial charge in [-0.1, -0.05) is 32.0 Å². The molecular formula is C16H25N3O. The molecule has 0 saturated heterocycles. The Bertz CT molecular complexity index is 457. The van der Waals surface area contributed by atoms with Gasteiger partial charge in [-0.15, -0.1) is 0 Å². The van der Waals surface area contributed by atoms with E-state index in [1.165, 1.54) is 0 Å². The molecule has 1 amide bonds. The van der Waals surface area contributed by atoms with Gasteiger partial charge in [-0.3, -0.25) is 4.79 Å². The Morgan fingerprint density at radius 1 is 1.40 bits per heavy atom. The summed E-state index contributed by atoms with van der Waals surface area (Å²) in [4.78, 5) is 14.3. The highest BCUT2D eigenvalue weighted by atomic mass is 16.2. The summed E-state index contributed by atoms with van der Waals surface area (Å²) in [5.74, 6) is 0.101. The fraction of sp³-hybridized carbons (Fsp3) is 0.562. The van der Waals surface area contributed by atoms with E-state index in [0.717, 1.165) is 37.1 Å². The van der Waals surface area contributed by atoms with E-state index in [2.05, 4.69) is 36.2 Å². The summed E-state index contributed by atoms with van der Waals surface area (Å²) >= 11 is 0. The van der Waals surface area contributed by atoms with Crippen LogP contribution in [0.1, 0.15) is 44.7 Å². The Hall–Kier alpha value is -1.55. The van der Waals surface area contributed by atoms with Crippen LogP contribution in [0, 0.1) is 0 Å². The second kappa shape index (κ2) is 6.75. The van der Waals surface area contributed by atoms with Gasteiger partial charge < -0.3 is 16.0 Å². The van der Waals surface area contributed by atoms with Crippen LogP contribution in [0.2, 0.25) is 0 Å². The Balaban J connectivity index is 2.04. The highest BCUT2D eigenvalue weighted by Crippen LogP contribution is 2.31.